The maximum Gasteiger partial charge on any atom is 0.258 e. The number of anilines is 1. The number of carbonyl (C=O) groups excluding carboxylic acids is 1. The fraction of sp³-hybridized carbons (Fsp3) is 0.0556. The molecule has 6 nitrogen and oxygen atoms in total. The molecule has 0 aliphatic rings. The Balaban J connectivity index is 1.64. The largest absolute Gasteiger partial charge is 0.463 e. The Hall–Kier alpha value is -2.97. The molecular formula is C18H12ClFN4O2S. The van der Waals surface area contributed by atoms with Gasteiger partial charge in [-0.25, -0.2) is 9.37 Å². The molecule has 0 unspecified atom stereocenters. The Morgan fingerprint density at radius 3 is 2.93 bits per heavy atom. The number of nitrogens with one attached hydrogen (secondary N) is 1. The number of rotatable bonds is 4. The lowest BCUT2D eigenvalue weighted by atomic mass is 10.2. The third-order valence-corrected chi connectivity index (χ3v) is 4.82. The van der Waals surface area contributed by atoms with Gasteiger partial charge in [0.1, 0.15) is 17.3 Å². The van der Waals surface area contributed by atoms with Gasteiger partial charge in [-0.15, -0.1) is 11.3 Å². The van der Waals surface area contributed by atoms with Gasteiger partial charge in [0.25, 0.3) is 5.91 Å². The predicted octanol–water partition coefficient (Wildman–Crippen LogP) is 4.94. The van der Waals surface area contributed by atoms with Crippen LogP contribution in [-0.4, -0.2) is 20.7 Å². The highest BCUT2D eigenvalue weighted by Gasteiger charge is 2.17. The number of nitrogens with zero attached hydrogens (tertiary/aromatic N) is 3. The Labute approximate surface area is 162 Å². The van der Waals surface area contributed by atoms with Crippen LogP contribution in [0, 0.1) is 12.7 Å². The summed E-state index contributed by atoms with van der Waals surface area (Å²) in [5.74, 6) is 0.0953. The van der Waals surface area contributed by atoms with Gasteiger partial charge in [0.15, 0.2) is 5.76 Å². The van der Waals surface area contributed by atoms with Crippen molar-refractivity contribution in [3.63, 3.8) is 0 Å². The van der Waals surface area contributed by atoms with Gasteiger partial charge >= 0.3 is 0 Å². The van der Waals surface area contributed by atoms with Crippen molar-refractivity contribution < 1.29 is 13.6 Å². The maximum absolute atomic E-state index is 13.2. The summed E-state index contributed by atoms with van der Waals surface area (Å²) in [7, 11) is 0. The topological polar surface area (TPSA) is 73.0 Å². The summed E-state index contributed by atoms with van der Waals surface area (Å²) < 4.78 is 20.1. The molecule has 0 radical (unpaired) electrons. The first-order chi connectivity index (χ1) is 13.0. The van der Waals surface area contributed by atoms with Crippen LogP contribution >= 0.6 is 22.9 Å². The average molecular weight is 403 g/mol. The fourth-order valence-corrected chi connectivity index (χ4v) is 3.52. The van der Waals surface area contributed by atoms with E-state index in [4.69, 9.17) is 16.0 Å². The van der Waals surface area contributed by atoms with Gasteiger partial charge in [0.05, 0.1) is 22.5 Å². The minimum atomic E-state index is -0.509. The monoisotopic (exact) mass is 402 g/mol. The van der Waals surface area contributed by atoms with Crippen molar-refractivity contribution in [3.05, 3.63) is 70.1 Å². The number of furan rings is 1. The Kier molecular flexibility index (Phi) is 4.51. The summed E-state index contributed by atoms with van der Waals surface area (Å²) in [5.41, 5.74) is 1.54. The van der Waals surface area contributed by atoms with Gasteiger partial charge < -0.3 is 9.73 Å². The molecule has 3 heterocycles. The molecule has 0 saturated heterocycles. The summed E-state index contributed by atoms with van der Waals surface area (Å²) >= 11 is 7.33. The van der Waals surface area contributed by atoms with E-state index in [1.807, 2.05) is 11.4 Å². The van der Waals surface area contributed by atoms with Gasteiger partial charge in [0, 0.05) is 11.4 Å². The quantitative estimate of drug-likeness (QED) is 0.524. The van der Waals surface area contributed by atoms with Crippen LogP contribution in [0.4, 0.5) is 10.2 Å². The summed E-state index contributed by atoms with van der Waals surface area (Å²) in [6.07, 6.45) is 1.57. The number of benzene rings is 1. The second-order valence-corrected chi connectivity index (χ2v) is 6.90. The lowest BCUT2D eigenvalue weighted by Crippen LogP contribution is -2.15. The van der Waals surface area contributed by atoms with E-state index in [2.05, 4.69) is 15.4 Å². The van der Waals surface area contributed by atoms with Crippen LogP contribution in [0.1, 0.15) is 16.1 Å². The Morgan fingerprint density at radius 2 is 2.19 bits per heavy atom. The SMILES string of the molecule is Cc1cc(NC(=O)c2ccc(F)cc2Cl)n(-c2nc(-c3ccco3)cs2)n1. The van der Waals surface area contributed by atoms with E-state index in [-0.39, 0.29) is 10.6 Å². The van der Waals surface area contributed by atoms with E-state index in [1.54, 1.807) is 25.3 Å². The summed E-state index contributed by atoms with van der Waals surface area (Å²) in [6, 6.07) is 8.91. The third-order valence-electron chi connectivity index (χ3n) is 3.70. The molecule has 4 aromatic rings. The molecule has 0 aliphatic heterocycles. The van der Waals surface area contributed by atoms with Gasteiger partial charge in [-0.05, 0) is 37.3 Å². The highest BCUT2D eigenvalue weighted by molar-refractivity contribution is 7.12. The molecule has 9 heteroatoms. The van der Waals surface area contributed by atoms with Crippen molar-refractivity contribution in [1.82, 2.24) is 14.8 Å². The molecule has 1 amide bonds. The molecule has 0 saturated carbocycles. The Morgan fingerprint density at radius 1 is 1.33 bits per heavy atom. The van der Waals surface area contributed by atoms with Gasteiger partial charge in [-0.1, -0.05) is 11.6 Å². The fourth-order valence-electron chi connectivity index (χ4n) is 2.49. The molecule has 3 aromatic heterocycles. The average Bonchev–Trinajstić information content (AvgIpc) is 3.34. The zero-order valence-electron chi connectivity index (χ0n) is 13.9. The normalized spacial score (nSPS) is 10.9. The van der Waals surface area contributed by atoms with Crippen molar-refractivity contribution in [2.75, 3.05) is 5.32 Å². The molecular weight excluding hydrogens is 391 g/mol. The van der Waals surface area contributed by atoms with Crippen molar-refractivity contribution in [3.8, 4) is 16.6 Å². The molecule has 0 fully saturated rings. The van der Waals surface area contributed by atoms with Gasteiger partial charge in [-0.3, -0.25) is 4.79 Å². The summed E-state index contributed by atoms with van der Waals surface area (Å²) in [5, 5.41) is 9.57. The number of aryl methyl sites for hydroxylation is 1. The van der Waals surface area contributed by atoms with Gasteiger partial charge in [0.2, 0.25) is 5.13 Å². The molecule has 1 aromatic carbocycles. The smallest absolute Gasteiger partial charge is 0.258 e. The molecule has 1 N–H and O–H groups in total. The number of aromatic nitrogens is 3. The summed E-state index contributed by atoms with van der Waals surface area (Å²) in [4.78, 5) is 17.0. The van der Waals surface area contributed by atoms with Crippen molar-refractivity contribution in [1.29, 1.82) is 0 Å². The molecule has 0 spiro atoms. The number of carbonyl (C=O) groups is 1. The van der Waals surface area contributed by atoms with Crippen LogP contribution in [0.25, 0.3) is 16.6 Å². The van der Waals surface area contributed by atoms with Crippen LogP contribution in [0.15, 0.2) is 52.5 Å². The number of halogens is 2. The number of hydrogen-bond acceptors (Lipinski definition) is 5. The second kappa shape index (κ2) is 6.98. The third kappa shape index (κ3) is 3.49. The van der Waals surface area contributed by atoms with Crippen LogP contribution in [0.2, 0.25) is 5.02 Å². The van der Waals surface area contributed by atoms with Crippen molar-refractivity contribution in [2.24, 2.45) is 0 Å². The van der Waals surface area contributed by atoms with E-state index in [0.29, 0.717) is 28.1 Å². The zero-order chi connectivity index (χ0) is 19.0. The summed E-state index contributed by atoms with van der Waals surface area (Å²) in [6.45, 7) is 1.80. The lowest BCUT2D eigenvalue weighted by Gasteiger charge is -2.08. The van der Waals surface area contributed by atoms with E-state index in [9.17, 15) is 9.18 Å². The van der Waals surface area contributed by atoms with Crippen LogP contribution in [0.3, 0.4) is 0 Å². The molecule has 0 atom stereocenters. The molecule has 136 valence electrons. The molecule has 0 aliphatic carbocycles. The standard InChI is InChI=1S/C18H12ClFN4O2S/c1-10-7-16(22-17(25)12-5-4-11(20)8-13(12)19)24(23-10)18-21-14(9-27-18)15-3-2-6-26-15/h2-9H,1H3,(H,22,25). The van der Waals surface area contributed by atoms with E-state index in [0.717, 1.165) is 6.07 Å². The lowest BCUT2D eigenvalue weighted by molar-refractivity contribution is 0.102. The molecule has 27 heavy (non-hydrogen) atoms. The minimum Gasteiger partial charge on any atom is -0.463 e. The predicted molar refractivity (Wildman–Crippen MR) is 101 cm³/mol. The first-order valence-corrected chi connectivity index (χ1v) is 9.10. The maximum atomic E-state index is 13.2. The zero-order valence-corrected chi connectivity index (χ0v) is 15.5. The minimum absolute atomic E-state index is 0.0321. The second-order valence-electron chi connectivity index (χ2n) is 5.65. The van der Waals surface area contributed by atoms with Gasteiger partial charge in [-0.2, -0.15) is 9.78 Å². The first kappa shape index (κ1) is 17.4. The number of amides is 1. The van der Waals surface area contributed by atoms with Crippen molar-refractivity contribution >= 4 is 34.7 Å². The van der Waals surface area contributed by atoms with Crippen LogP contribution in [0.5, 0.6) is 0 Å². The number of thiazole rings is 1. The first-order valence-electron chi connectivity index (χ1n) is 7.84. The van der Waals surface area contributed by atoms with E-state index < -0.39 is 11.7 Å². The van der Waals surface area contributed by atoms with E-state index >= 15 is 0 Å². The van der Waals surface area contributed by atoms with E-state index in [1.165, 1.54) is 28.2 Å². The number of hydrogen-bond donors (Lipinski definition) is 1. The highest BCUT2D eigenvalue weighted by atomic mass is 35.5. The molecule has 4 rings (SSSR count). The molecule has 0 bridgehead atoms. The highest BCUT2D eigenvalue weighted by Crippen LogP contribution is 2.27. The van der Waals surface area contributed by atoms with Crippen LogP contribution in [-0.2, 0) is 0 Å². The van der Waals surface area contributed by atoms with Crippen molar-refractivity contribution in [2.45, 2.75) is 6.92 Å². The van der Waals surface area contributed by atoms with Crippen LogP contribution < -0.4 is 5.32 Å². The Bertz CT molecular complexity index is 1120.